The fraction of sp³-hybridized carbons (Fsp3) is 0.611. The van der Waals surface area contributed by atoms with Crippen LogP contribution < -0.4 is 5.32 Å². The lowest BCUT2D eigenvalue weighted by molar-refractivity contribution is 0.0480. The van der Waals surface area contributed by atoms with Gasteiger partial charge in [0.1, 0.15) is 0 Å². The van der Waals surface area contributed by atoms with Gasteiger partial charge in [0.05, 0.1) is 0 Å². The minimum atomic E-state index is -0.794. The summed E-state index contributed by atoms with van der Waals surface area (Å²) in [5.74, 6) is 0. The zero-order valence-electron chi connectivity index (χ0n) is 14.7. The van der Waals surface area contributed by atoms with Crippen LogP contribution in [-0.4, -0.2) is 53.7 Å². The molecule has 1 atom stereocenters. The average Bonchev–Trinajstić information content (AvgIpc) is 2.46. The van der Waals surface area contributed by atoms with E-state index in [1.807, 2.05) is 7.05 Å². The van der Waals surface area contributed by atoms with Gasteiger partial charge in [0, 0.05) is 45.0 Å². The van der Waals surface area contributed by atoms with Crippen molar-refractivity contribution in [2.45, 2.75) is 39.8 Å². The molecule has 5 nitrogen and oxygen atoms in total. The molecule has 1 aromatic rings. The van der Waals surface area contributed by atoms with Crippen molar-refractivity contribution in [3.8, 4) is 0 Å². The first-order valence-corrected chi connectivity index (χ1v) is 8.27. The van der Waals surface area contributed by atoms with Crippen molar-refractivity contribution in [3.05, 3.63) is 29.8 Å². The number of carboxylic acid groups (broad SMARTS) is 1. The lowest BCUT2D eigenvalue weighted by Gasteiger charge is -2.42. The summed E-state index contributed by atoms with van der Waals surface area (Å²) in [5.41, 5.74) is 2.49. The van der Waals surface area contributed by atoms with Crippen molar-refractivity contribution in [1.82, 2.24) is 9.80 Å². The maximum Gasteiger partial charge on any atom is 0.407 e. The van der Waals surface area contributed by atoms with E-state index in [9.17, 15) is 9.90 Å². The number of piperazine rings is 1. The zero-order valence-corrected chi connectivity index (χ0v) is 14.7. The average molecular weight is 319 g/mol. The molecule has 1 saturated heterocycles. The maximum absolute atomic E-state index is 11.5. The summed E-state index contributed by atoms with van der Waals surface area (Å²) in [6, 6.07) is 8.49. The molecule has 1 heterocycles. The van der Waals surface area contributed by atoms with E-state index in [-0.39, 0.29) is 11.5 Å². The number of hydrogen-bond donors (Lipinski definition) is 2. The Morgan fingerprint density at radius 3 is 2.43 bits per heavy atom. The van der Waals surface area contributed by atoms with Crippen LogP contribution in [0.25, 0.3) is 0 Å². The Bertz CT molecular complexity index is 522. The Morgan fingerprint density at radius 2 is 1.91 bits per heavy atom. The summed E-state index contributed by atoms with van der Waals surface area (Å²) in [4.78, 5) is 15.5. The normalized spacial score (nSPS) is 19.7. The molecule has 2 rings (SSSR count). The van der Waals surface area contributed by atoms with Crippen LogP contribution in [0.15, 0.2) is 24.3 Å². The van der Waals surface area contributed by atoms with Gasteiger partial charge in [-0.1, -0.05) is 32.9 Å². The lowest BCUT2D eigenvalue weighted by atomic mass is 9.86. The van der Waals surface area contributed by atoms with E-state index in [0.717, 1.165) is 31.7 Å². The largest absolute Gasteiger partial charge is 0.465 e. The molecule has 1 amide bonds. The van der Waals surface area contributed by atoms with Gasteiger partial charge in [0.2, 0.25) is 0 Å². The molecule has 0 radical (unpaired) electrons. The first-order valence-electron chi connectivity index (χ1n) is 8.27. The Labute approximate surface area is 139 Å². The Morgan fingerprint density at radius 1 is 1.26 bits per heavy atom. The number of nitrogens with one attached hydrogen (secondary N) is 1. The third kappa shape index (κ3) is 5.13. The van der Waals surface area contributed by atoms with Crippen molar-refractivity contribution in [2.75, 3.05) is 32.0 Å². The van der Waals surface area contributed by atoms with E-state index in [0.29, 0.717) is 6.54 Å². The Kier molecular flexibility index (Phi) is 5.52. The number of carbonyl (C=O) groups is 1. The van der Waals surface area contributed by atoms with Crippen LogP contribution in [0.4, 0.5) is 10.5 Å². The highest BCUT2D eigenvalue weighted by Gasteiger charge is 2.32. The quantitative estimate of drug-likeness (QED) is 0.894. The SMILES string of the molecule is CNc1ccc(CN2CCN(C(=O)O)[C@H](CC(C)(C)C)C2)cc1. The van der Waals surface area contributed by atoms with Crippen LogP contribution in [0.5, 0.6) is 0 Å². The van der Waals surface area contributed by atoms with Crippen LogP contribution in [0, 0.1) is 5.41 Å². The molecular weight excluding hydrogens is 290 g/mol. The van der Waals surface area contributed by atoms with E-state index in [1.165, 1.54) is 5.56 Å². The molecule has 1 aromatic carbocycles. The van der Waals surface area contributed by atoms with Crippen molar-refractivity contribution >= 4 is 11.8 Å². The third-order valence-electron chi connectivity index (χ3n) is 4.31. The minimum Gasteiger partial charge on any atom is -0.465 e. The van der Waals surface area contributed by atoms with E-state index >= 15 is 0 Å². The summed E-state index contributed by atoms with van der Waals surface area (Å²) in [7, 11) is 1.91. The monoisotopic (exact) mass is 319 g/mol. The summed E-state index contributed by atoms with van der Waals surface area (Å²) in [6.07, 6.45) is 0.0892. The van der Waals surface area contributed by atoms with Gasteiger partial charge in [-0.15, -0.1) is 0 Å². The van der Waals surface area contributed by atoms with Gasteiger partial charge in [-0.25, -0.2) is 4.79 Å². The lowest BCUT2D eigenvalue weighted by Crippen LogP contribution is -2.55. The molecule has 128 valence electrons. The molecule has 1 aliphatic heterocycles. The number of rotatable bonds is 4. The first-order chi connectivity index (χ1) is 10.8. The topological polar surface area (TPSA) is 55.8 Å². The molecular formula is C18H29N3O2. The second-order valence-corrected chi connectivity index (χ2v) is 7.58. The predicted octanol–water partition coefficient (Wildman–Crippen LogP) is 3.33. The fourth-order valence-corrected chi connectivity index (χ4v) is 3.23. The molecule has 0 aliphatic carbocycles. The molecule has 0 saturated carbocycles. The molecule has 2 N–H and O–H groups in total. The number of benzene rings is 1. The van der Waals surface area contributed by atoms with Crippen LogP contribution in [0.3, 0.4) is 0 Å². The fourth-order valence-electron chi connectivity index (χ4n) is 3.23. The second-order valence-electron chi connectivity index (χ2n) is 7.58. The van der Waals surface area contributed by atoms with Gasteiger partial charge in [0.25, 0.3) is 0 Å². The highest BCUT2D eigenvalue weighted by atomic mass is 16.4. The smallest absolute Gasteiger partial charge is 0.407 e. The molecule has 1 fully saturated rings. The van der Waals surface area contributed by atoms with E-state index in [1.54, 1.807) is 4.90 Å². The Balaban J connectivity index is 2.02. The number of hydrogen-bond acceptors (Lipinski definition) is 3. The molecule has 0 unspecified atom stereocenters. The van der Waals surface area contributed by atoms with Crippen molar-refractivity contribution in [1.29, 1.82) is 0 Å². The predicted molar refractivity (Wildman–Crippen MR) is 93.9 cm³/mol. The molecule has 1 aliphatic rings. The Hall–Kier alpha value is -1.75. The van der Waals surface area contributed by atoms with Gasteiger partial charge < -0.3 is 15.3 Å². The van der Waals surface area contributed by atoms with E-state index in [2.05, 4.69) is 55.3 Å². The zero-order chi connectivity index (χ0) is 17.0. The van der Waals surface area contributed by atoms with Gasteiger partial charge in [-0.05, 0) is 29.5 Å². The molecule has 5 heteroatoms. The molecule has 23 heavy (non-hydrogen) atoms. The van der Waals surface area contributed by atoms with Crippen LogP contribution in [0.2, 0.25) is 0 Å². The van der Waals surface area contributed by atoms with Gasteiger partial charge in [-0.3, -0.25) is 4.90 Å². The van der Waals surface area contributed by atoms with Crippen LogP contribution >= 0.6 is 0 Å². The van der Waals surface area contributed by atoms with Crippen LogP contribution in [0.1, 0.15) is 32.8 Å². The summed E-state index contributed by atoms with van der Waals surface area (Å²) in [5, 5.41) is 12.6. The number of amides is 1. The minimum absolute atomic E-state index is 0.0674. The molecule has 0 spiro atoms. The second kappa shape index (κ2) is 7.21. The van der Waals surface area contributed by atoms with Crippen molar-refractivity contribution < 1.29 is 9.90 Å². The third-order valence-corrected chi connectivity index (χ3v) is 4.31. The van der Waals surface area contributed by atoms with Crippen molar-refractivity contribution in [2.24, 2.45) is 5.41 Å². The highest BCUT2D eigenvalue weighted by Crippen LogP contribution is 2.26. The van der Waals surface area contributed by atoms with Crippen LogP contribution in [-0.2, 0) is 6.54 Å². The summed E-state index contributed by atoms with van der Waals surface area (Å²) >= 11 is 0. The maximum atomic E-state index is 11.5. The number of anilines is 1. The molecule has 0 aromatic heterocycles. The van der Waals surface area contributed by atoms with Gasteiger partial charge in [-0.2, -0.15) is 0 Å². The van der Waals surface area contributed by atoms with Gasteiger partial charge >= 0.3 is 6.09 Å². The summed E-state index contributed by atoms with van der Waals surface area (Å²) in [6.45, 7) is 9.56. The van der Waals surface area contributed by atoms with Gasteiger partial charge in [0.15, 0.2) is 0 Å². The van der Waals surface area contributed by atoms with E-state index < -0.39 is 6.09 Å². The van der Waals surface area contributed by atoms with Crippen molar-refractivity contribution in [3.63, 3.8) is 0 Å². The highest BCUT2D eigenvalue weighted by molar-refractivity contribution is 5.65. The standard InChI is InChI=1S/C18H29N3O2/c1-18(2,3)11-16-13-20(9-10-21(16)17(22)23)12-14-5-7-15(19-4)8-6-14/h5-8,16,19H,9-13H2,1-4H3,(H,22,23)/t16-/m1/s1. The molecule has 0 bridgehead atoms. The summed E-state index contributed by atoms with van der Waals surface area (Å²) < 4.78 is 0. The first kappa shape index (κ1) is 17.6. The number of nitrogens with zero attached hydrogens (tertiary/aromatic N) is 2. The van der Waals surface area contributed by atoms with E-state index in [4.69, 9.17) is 0 Å².